The molecule has 0 rings (SSSR count). The van der Waals surface area contributed by atoms with Crippen LogP contribution >= 0.6 is 0 Å². The maximum absolute atomic E-state index is 11.9. The lowest BCUT2D eigenvalue weighted by Gasteiger charge is -2.30. The van der Waals surface area contributed by atoms with Crippen molar-refractivity contribution in [2.24, 2.45) is 0 Å². The molecule has 0 aromatic rings. The second-order valence-electron chi connectivity index (χ2n) is 4.21. The fourth-order valence-electron chi connectivity index (χ4n) is 1.39. The number of carbonyl (C=O) groups is 2. The lowest BCUT2D eigenvalue weighted by atomic mass is 10.1. The Morgan fingerprint density at radius 2 is 1.82 bits per heavy atom. The highest BCUT2D eigenvalue weighted by atomic mass is 32.2. The fourth-order valence-corrected chi connectivity index (χ4v) is 2.41. The quantitative estimate of drug-likeness (QED) is 0.658. The van der Waals surface area contributed by atoms with Crippen molar-refractivity contribution in [3.05, 3.63) is 0 Å². The molecule has 2 N–H and O–H groups in total. The number of nitrogens with one attached hydrogen (secondary N) is 1. The van der Waals surface area contributed by atoms with Gasteiger partial charge in [-0.25, -0.2) is 13.1 Å². The van der Waals surface area contributed by atoms with Crippen LogP contribution in [0.5, 0.6) is 0 Å². The number of carboxylic acid groups (broad SMARTS) is 1. The van der Waals surface area contributed by atoms with Crippen LogP contribution in [0.25, 0.3) is 0 Å². The Bertz CT molecular complexity index is 402. The first-order chi connectivity index (χ1) is 7.49. The van der Waals surface area contributed by atoms with E-state index in [1.54, 1.807) is 6.92 Å². The van der Waals surface area contributed by atoms with Gasteiger partial charge >= 0.3 is 5.97 Å². The number of rotatable bonds is 6. The predicted octanol–water partition coefficient (Wildman–Crippen LogP) is -0.753. The number of likely N-dealkylation sites (N-methyl/N-ethyl adjacent to an activating group) is 1. The second kappa shape index (κ2) is 5.46. The van der Waals surface area contributed by atoms with E-state index in [2.05, 4.69) is 4.72 Å². The van der Waals surface area contributed by atoms with E-state index < -0.39 is 34.0 Å². The smallest absolute Gasteiger partial charge is 0.323 e. The Kier molecular flexibility index (Phi) is 5.09. The minimum Gasteiger partial charge on any atom is -0.480 e. The van der Waals surface area contributed by atoms with Gasteiger partial charge in [0.25, 0.3) is 0 Å². The van der Waals surface area contributed by atoms with Crippen molar-refractivity contribution in [3.63, 3.8) is 0 Å². The average Bonchev–Trinajstić information content (AvgIpc) is 2.08. The minimum absolute atomic E-state index is 0.194. The summed E-state index contributed by atoms with van der Waals surface area (Å²) in [6.45, 7) is 4.14. The van der Waals surface area contributed by atoms with Crippen molar-refractivity contribution < 1.29 is 23.1 Å². The third-order valence-electron chi connectivity index (χ3n) is 1.97. The van der Waals surface area contributed by atoms with Gasteiger partial charge in [0.05, 0.1) is 6.26 Å². The third kappa shape index (κ3) is 5.64. The van der Waals surface area contributed by atoms with Crippen molar-refractivity contribution in [2.75, 3.05) is 19.3 Å². The minimum atomic E-state index is -3.54. The van der Waals surface area contributed by atoms with E-state index in [4.69, 9.17) is 5.11 Å². The number of nitrogens with zero attached hydrogens (tertiary/aromatic N) is 1. The first-order valence-electron chi connectivity index (χ1n) is 4.99. The molecule has 0 saturated carbocycles. The molecule has 0 aliphatic rings. The summed E-state index contributed by atoms with van der Waals surface area (Å²) in [6.07, 6.45) is 0.940. The molecule has 0 unspecified atom stereocenters. The molecule has 0 bridgehead atoms. The Morgan fingerprint density at radius 1 is 1.35 bits per heavy atom. The van der Waals surface area contributed by atoms with Gasteiger partial charge < -0.3 is 10.0 Å². The Morgan fingerprint density at radius 3 is 2.12 bits per heavy atom. The lowest BCUT2D eigenvalue weighted by Crippen LogP contribution is -2.56. The zero-order valence-electron chi connectivity index (χ0n) is 10.3. The van der Waals surface area contributed by atoms with Crippen molar-refractivity contribution in [1.29, 1.82) is 0 Å². The predicted molar refractivity (Wildman–Crippen MR) is 61.9 cm³/mol. The van der Waals surface area contributed by atoms with Gasteiger partial charge in [-0.2, -0.15) is 0 Å². The zero-order valence-corrected chi connectivity index (χ0v) is 11.2. The molecule has 8 heteroatoms. The molecule has 7 nitrogen and oxygen atoms in total. The van der Waals surface area contributed by atoms with Crippen LogP contribution in [0.2, 0.25) is 0 Å². The van der Waals surface area contributed by atoms with E-state index in [1.165, 1.54) is 13.8 Å². The van der Waals surface area contributed by atoms with Gasteiger partial charge in [-0.05, 0) is 20.8 Å². The molecule has 0 aliphatic carbocycles. The van der Waals surface area contributed by atoms with Crippen LogP contribution < -0.4 is 4.72 Å². The van der Waals surface area contributed by atoms with E-state index in [0.29, 0.717) is 0 Å². The highest BCUT2D eigenvalue weighted by Crippen LogP contribution is 2.09. The summed E-state index contributed by atoms with van der Waals surface area (Å²) in [5.74, 6) is -1.72. The maximum Gasteiger partial charge on any atom is 0.323 e. The number of carboxylic acids is 1. The average molecular weight is 266 g/mol. The van der Waals surface area contributed by atoms with Crippen molar-refractivity contribution in [3.8, 4) is 0 Å². The third-order valence-corrected chi connectivity index (χ3v) is 2.85. The van der Waals surface area contributed by atoms with Crippen LogP contribution in [-0.2, 0) is 19.6 Å². The molecule has 0 aliphatic heterocycles. The van der Waals surface area contributed by atoms with Gasteiger partial charge in [-0.1, -0.05) is 0 Å². The highest BCUT2D eigenvalue weighted by Gasteiger charge is 2.34. The summed E-state index contributed by atoms with van der Waals surface area (Å²) >= 11 is 0. The highest BCUT2D eigenvalue weighted by molar-refractivity contribution is 7.88. The summed E-state index contributed by atoms with van der Waals surface area (Å²) in [5, 5.41) is 8.63. The second-order valence-corrected chi connectivity index (χ2v) is 5.96. The number of hydrogen-bond donors (Lipinski definition) is 2. The van der Waals surface area contributed by atoms with Crippen LogP contribution in [-0.4, -0.2) is 55.2 Å². The van der Waals surface area contributed by atoms with Crippen LogP contribution in [0.1, 0.15) is 20.8 Å². The van der Waals surface area contributed by atoms with Gasteiger partial charge in [0.2, 0.25) is 15.9 Å². The molecule has 0 heterocycles. The molecule has 0 saturated heterocycles. The summed E-state index contributed by atoms with van der Waals surface area (Å²) in [6, 6.07) is 0. The van der Waals surface area contributed by atoms with E-state index in [0.717, 1.165) is 11.2 Å². The molecule has 0 radical (unpaired) electrons. The van der Waals surface area contributed by atoms with Crippen molar-refractivity contribution in [2.45, 2.75) is 26.3 Å². The topological polar surface area (TPSA) is 104 Å². The Balaban J connectivity index is 4.93. The number of hydrogen-bond acceptors (Lipinski definition) is 4. The molecule has 100 valence electrons. The summed E-state index contributed by atoms with van der Waals surface area (Å²) in [5.41, 5.74) is -1.36. The van der Waals surface area contributed by atoms with Crippen molar-refractivity contribution in [1.82, 2.24) is 9.62 Å². The first-order valence-corrected chi connectivity index (χ1v) is 6.89. The van der Waals surface area contributed by atoms with Gasteiger partial charge in [-0.15, -0.1) is 0 Å². The van der Waals surface area contributed by atoms with Crippen LogP contribution in [0.15, 0.2) is 0 Å². The number of amides is 1. The molecule has 1 amide bonds. The van der Waals surface area contributed by atoms with E-state index in [1.807, 2.05) is 0 Å². The molecule has 17 heavy (non-hydrogen) atoms. The molecule has 0 aromatic heterocycles. The van der Waals surface area contributed by atoms with Gasteiger partial charge in [0.1, 0.15) is 12.1 Å². The SMILES string of the molecule is CCN(CC(=O)O)C(=O)C(C)(C)NS(C)(=O)=O. The molecular weight excluding hydrogens is 248 g/mol. The molecule has 0 fully saturated rings. The maximum atomic E-state index is 11.9. The standard InChI is InChI=1S/C9H18N2O5S/c1-5-11(6-7(12)13)8(14)9(2,3)10-17(4,15)16/h10H,5-6H2,1-4H3,(H,12,13). The number of sulfonamides is 1. The molecular formula is C9H18N2O5S. The van der Waals surface area contributed by atoms with Crippen LogP contribution in [0, 0.1) is 0 Å². The number of aliphatic carboxylic acids is 1. The Labute approximate surface area is 101 Å². The number of carbonyl (C=O) groups excluding carboxylic acids is 1. The van der Waals surface area contributed by atoms with Crippen LogP contribution in [0.4, 0.5) is 0 Å². The van der Waals surface area contributed by atoms with E-state index in [-0.39, 0.29) is 6.54 Å². The monoisotopic (exact) mass is 266 g/mol. The van der Waals surface area contributed by atoms with E-state index >= 15 is 0 Å². The van der Waals surface area contributed by atoms with Crippen molar-refractivity contribution >= 4 is 21.9 Å². The van der Waals surface area contributed by atoms with E-state index in [9.17, 15) is 18.0 Å². The van der Waals surface area contributed by atoms with Crippen LogP contribution in [0.3, 0.4) is 0 Å². The summed E-state index contributed by atoms with van der Waals surface area (Å²) < 4.78 is 24.3. The summed E-state index contributed by atoms with van der Waals surface area (Å²) in [7, 11) is -3.54. The molecule has 0 aromatic carbocycles. The lowest BCUT2D eigenvalue weighted by molar-refractivity contribution is -0.146. The largest absolute Gasteiger partial charge is 0.480 e. The van der Waals surface area contributed by atoms with Gasteiger partial charge in [0, 0.05) is 6.54 Å². The normalized spacial score (nSPS) is 12.2. The first kappa shape index (κ1) is 15.9. The zero-order chi connectivity index (χ0) is 13.9. The Hall–Kier alpha value is -1.15. The summed E-state index contributed by atoms with van der Waals surface area (Å²) in [4.78, 5) is 23.6. The van der Waals surface area contributed by atoms with Gasteiger partial charge in [-0.3, -0.25) is 9.59 Å². The molecule has 0 spiro atoms. The molecule has 0 atom stereocenters. The van der Waals surface area contributed by atoms with Gasteiger partial charge in [0.15, 0.2) is 0 Å². The fraction of sp³-hybridized carbons (Fsp3) is 0.778.